The normalized spacial score (nSPS) is 11.1. The zero-order chi connectivity index (χ0) is 13.9. The van der Waals surface area contributed by atoms with Crippen molar-refractivity contribution in [3.05, 3.63) is 29.6 Å². The monoisotopic (exact) mass is 254 g/mol. The standard InChI is InChI=1S/C12H15FN2O3/c1-12(2,6-9(16)17)15-11(18)7-4-3-5-8(13)10(7)14/h3-5H,6,14H2,1-2H3,(H,15,18)(H,16,17). The van der Waals surface area contributed by atoms with Crippen molar-refractivity contribution >= 4 is 17.6 Å². The van der Waals surface area contributed by atoms with Gasteiger partial charge in [0.2, 0.25) is 0 Å². The van der Waals surface area contributed by atoms with Gasteiger partial charge in [0.1, 0.15) is 5.82 Å². The Morgan fingerprint density at radius 3 is 2.61 bits per heavy atom. The number of nitrogens with one attached hydrogen (secondary N) is 1. The molecule has 1 aromatic rings. The molecule has 0 saturated heterocycles. The van der Waals surface area contributed by atoms with E-state index in [1.807, 2.05) is 0 Å². The van der Waals surface area contributed by atoms with Crippen LogP contribution in [-0.2, 0) is 4.79 Å². The Balaban J connectivity index is 2.89. The first-order valence-electron chi connectivity index (χ1n) is 5.31. The number of aliphatic carboxylic acids is 1. The molecular formula is C12H15FN2O3. The summed E-state index contributed by atoms with van der Waals surface area (Å²) in [6.45, 7) is 3.13. The van der Waals surface area contributed by atoms with Crippen molar-refractivity contribution in [1.82, 2.24) is 5.32 Å². The number of hydrogen-bond acceptors (Lipinski definition) is 3. The van der Waals surface area contributed by atoms with Crippen molar-refractivity contribution in [3.63, 3.8) is 0 Å². The number of carbonyl (C=O) groups is 2. The van der Waals surface area contributed by atoms with Crippen LogP contribution in [0, 0.1) is 5.82 Å². The van der Waals surface area contributed by atoms with Crippen LogP contribution in [0.3, 0.4) is 0 Å². The minimum atomic E-state index is -1.03. The molecule has 4 N–H and O–H groups in total. The maximum atomic E-state index is 13.2. The number of nitrogen functional groups attached to an aromatic ring is 1. The Morgan fingerprint density at radius 1 is 1.44 bits per heavy atom. The van der Waals surface area contributed by atoms with Gasteiger partial charge < -0.3 is 16.2 Å². The molecule has 0 unspecified atom stereocenters. The summed E-state index contributed by atoms with van der Waals surface area (Å²) >= 11 is 0. The smallest absolute Gasteiger partial charge is 0.305 e. The van der Waals surface area contributed by atoms with E-state index in [0.717, 1.165) is 6.07 Å². The fourth-order valence-corrected chi connectivity index (χ4v) is 1.53. The molecule has 0 bridgehead atoms. The lowest BCUT2D eigenvalue weighted by Gasteiger charge is -2.24. The first kappa shape index (κ1) is 14.0. The average Bonchev–Trinajstić information content (AvgIpc) is 2.18. The molecule has 0 aromatic heterocycles. The molecule has 98 valence electrons. The van der Waals surface area contributed by atoms with Crippen LogP contribution < -0.4 is 11.1 Å². The molecule has 1 amide bonds. The zero-order valence-electron chi connectivity index (χ0n) is 10.2. The zero-order valence-corrected chi connectivity index (χ0v) is 10.2. The number of anilines is 1. The average molecular weight is 254 g/mol. The first-order chi connectivity index (χ1) is 8.23. The second-order valence-electron chi connectivity index (χ2n) is 4.61. The number of nitrogens with two attached hydrogens (primary N) is 1. The van der Waals surface area contributed by atoms with Crippen LogP contribution in [0.15, 0.2) is 18.2 Å². The van der Waals surface area contributed by atoms with Crippen LogP contribution in [0.1, 0.15) is 30.6 Å². The van der Waals surface area contributed by atoms with Gasteiger partial charge in [-0.2, -0.15) is 0 Å². The van der Waals surface area contributed by atoms with E-state index >= 15 is 0 Å². The van der Waals surface area contributed by atoms with Gasteiger partial charge in [-0.05, 0) is 26.0 Å². The quantitative estimate of drug-likeness (QED) is 0.708. The molecule has 1 aromatic carbocycles. The van der Waals surface area contributed by atoms with Crippen molar-refractivity contribution in [2.75, 3.05) is 5.73 Å². The lowest BCUT2D eigenvalue weighted by molar-refractivity contribution is -0.138. The van der Waals surface area contributed by atoms with Gasteiger partial charge in [-0.25, -0.2) is 4.39 Å². The Bertz CT molecular complexity index is 486. The van der Waals surface area contributed by atoms with Gasteiger partial charge in [-0.3, -0.25) is 9.59 Å². The summed E-state index contributed by atoms with van der Waals surface area (Å²) in [6.07, 6.45) is -0.242. The molecule has 0 heterocycles. The molecule has 0 aliphatic heterocycles. The van der Waals surface area contributed by atoms with Gasteiger partial charge >= 0.3 is 5.97 Å². The summed E-state index contributed by atoms with van der Waals surface area (Å²) in [6, 6.07) is 3.89. The van der Waals surface area contributed by atoms with Crippen molar-refractivity contribution < 1.29 is 19.1 Å². The fourth-order valence-electron chi connectivity index (χ4n) is 1.53. The van der Waals surface area contributed by atoms with Gasteiger partial charge in [0.05, 0.1) is 17.7 Å². The lowest BCUT2D eigenvalue weighted by Crippen LogP contribution is -2.45. The minimum Gasteiger partial charge on any atom is -0.481 e. The third-order valence-corrected chi connectivity index (χ3v) is 2.34. The second-order valence-corrected chi connectivity index (χ2v) is 4.61. The van der Waals surface area contributed by atoms with E-state index in [1.165, 1.54) is 12.1 Å². The van der Waals surface area contributed by atoms with Crippen LogP contribution in [0.4, 0.5) is 10.1 Å². The van der Waals surface area contributed by atoms with E-state index in [9.17, 15) is 14.0 Å². The second kappa shape index (κ2) is 5.03. The number of para-hydroxylation sites is 1. The number of rotatable bonds is 4. The first-order valence-corrected chi connectivity index (χ1v) is 5.31. The van der Waals surface area contributed by atoms with Crippen LogP contribution >= 0.6 is 0 Å². The van der Waals surface area contributed by atoms with E-state index in [2.05, 4.69) is 5.32 Å². The van der Waals surface area contributed by atoms with Crippen LogP contribution in [0.2, 0.25) is 0 Å². The highest BCUT2D eigenvalue weighted by Crippen LogP contribution is 2.17. The Hall–Kier alpha value is -2.11. The summed E-state index contributed by atoms with van der Waals surface area (Å²) in [5, 5.41) is 11.2. The van der Waals surface area contributed by atoms with Gasteiger partial charge in [0, 0.05) is 5.54 Å². The highest BCUT2D eigenvalue weighted by molar-refractivity contribution is 5.99. The molecule has 6 heteroatoms. The molecule has 5 nitrogen and oxygen atoms in total. The molecule has 0 aliphatic rings. The third kappa shape index (κ3) is 3.44. The highest BCUT2D eigenvalue weighted by Gasteiger charge is 2.25. The van der Waals surface area contributed by atoms with Crippen molar-refractivity contribution in [2.45, 2.75) is 25.8 Å². The van der Waals surface area contributed by atoms with Gasteiger partial charge in [-0.15, -0.1) is 0 Å². The predicted molar refractivity (Wildman–Crippen MR) is 64.6 cm³/mol. The summed E-state index contributed by atoms with van der Waals surface area (Å²) in [4.78, 5) is 22.5. The summed E-state index contributed by atoms with van der Waals surface area (Å²) < 4.78 is 13.2. The Morgan fingerprint density at radius 2 is 2.06 bits per heavy atom. The number of carboxylic acid groups (broad SMARTS) is 1. The van der Waals surface area contributed by atoms with E-state index in [0.29, 0.717) is 0 Å². The van der Waals surface area contributed by atoms with Crippen LogP contribution in [0.25, 0.3) is 0 Å². The molecule has 0 saturated carbocycles. The predicted octanol–water partition coefficient (Wildman–Crippen LogP) is 1.39. The van der Waals surface area contributed by atoms with E-state index < -0.39 is 23.2 Å². The maximum Gasteiger partial charge on any atom is 0.305 e. The van der Waals surface area contributed by atoms with E-state index in [4.69, 9.17) is 10.8 Å². The maximum absolute atomic E-state index is 13.2. The molecular weight excluding hydrogens is 239 g/mol. The molecule has 0 spiro atoms. The summed E-state index contributed by atoms with van der Waals surface area (Å²) in [5.74, 6) is -2.32. The molecule has 0 atom stereocenters. The van der Waals surface area contributed by atoms with Gasteiger partial charge in [0.15, 0.2) is 0 Å². The number of benzene rings is 1. The minimum absolute atomic E-state index is 0.00605. The fraction of sp³-hybridized carbons (Fsp3) is 0.333. The molecule has 0 radical (unpaired) electrons. The third-order valence-electron chi connectivity index (χ3n) is 2.34. The van der Waals surface area contributed by atoms with Gasteiger partial charge in [-0.1, -0.05) is 6.07 Å². The van der Waals surface area contributed by atoms with Crippen LogP contribution in [0.5, 0.6) is 0 Å². The highest BCUT2D eigenvalue weighted by atomic mass is 19.1. The van der Waals surface area contributed by atoms with Crippen molar-refractivity contribution in [1.29, 1.82) is 0 Å². The Kier molecular flexibility index (Phi) is 3.90. The number of hydrogen-bond donors (Lipinski definition) is 3. The summed E-state index contributed by atoms with van der Waals surface area (Å²) in [5.41, 5.74) is 4.25. The Labute approximate surface area is 104 Å². The van der Waals surface area contributed by atoms with Gasteiger partial charge in [0.25, 0.3) is 5.91 Å². The van der Waals surface area contributed by atoms with Crippen LogP contribution in [-0.4, -0.2) is 22.5 Å². The number of halogens is 1. The van der Waals surface area contributed by atoms with Crippen molar-refractivity contribution in [2.24, 2.45) is 0 Å². The van der Waals surface area contributed by atoms with E-state index in [-0.39, 0.29) is 17.7 Å². The lowest BCUT2D eigenvalue weighted by atomic mass is 10.00. The molecule has 18 heavy (non-hydrogen) atoms. The van der Waals surface area contributed by atoms with Crippen molar-refractivity contribution in [3.8, 4) is 0 Å². The number of amides is 1. The SMILES string of the molecule is CC(C)(CC(=O)O)NC(=O)c1cccc(F)c1N. The topological polar surface area (TPSA) is 92.4 Å². The number of carbonyl (C=O) groups excluding carboxylic acids is 1. The molecule has 0 aliphatic carbocycles. The largest absolute Gasteiger partial charge is 0.481 e. The summed E-state index contributed by atoms with van der Waals surface area (Å²) in [7, 11) is 0. The molecule has 0 fully saturated rings. The molecule has 1 rings (SSSR count). The van der Waals surface area contributed by atoms with E-state index in [1.54, 1.807) is 13.8 Å². The number of carboxylic acids is 1.